The number of hydrogen-bond acceptors (Lipinski definition) is 7. The molecule has 0 saturated carbocycles. The molecule has 2 fully saturated rings. The summed E-state index contributed by atoms with van der Waals surface area (Å²) in [5.74, 6) is -0.349. The summed E-state index contributed by atoms with van der Waals surface area (Å²) in [7, 11) is 3.52. The number of carbonyl (C=O) groups is 2. The SMILES string of the molecule is CN1C[C@]23C=C[C@H](O2)[C@H](C(=O)NCCSc2nnnn2C)[C@@H]3C1=O. The van der Waals surface area contributed by atoms with Gasteiger partial charge in [-0.25, -0.2) is 4.68 Å². The largest absolute Gasteiger partial charge is 0.360 e. The smallest absolute Gasteiger partial charge is 0.229 e. The maximum absolute atomic E-state index is 12.6. The highest BCUT2D eigenvalue weighted by molar-refractivity contribution is 7.99. The average molecular weight is 350 g/mol. The number of likely N-dealkylation sites (tertiary alicyclic amines) is 1. The van der Waals surface area contributed by atoms with E-state index >= 15 is 0 Å². The maximum Gasteiger partial charge on any atom is 0.229 e. The fourth-order valence-electron chi connectivity index (χ4n) is 3.77. The van der Waals surface area contributed by atoms with Crippen LogP contribution in [0.2, 0.25) is 0 Å². The van der Waals surface area contributed by atoms with Gasteiger partial charge in [-0.15, -0.1) is 5.10 Å². The number of rotatable bonds is 5. The van der Waals surface area contributed by atoms with Crippen molar-refractivity contribution in [2.45, 2.75) is 16.9 Å². The van der Waals surface area contributed by atoms with Crippen LogP contribution in [-0.2, 0) is 21.4 Å². The van der Waals surface area contributed by atoms with Gasteiger partial charge in [0.05, 0.1) is 24.5 Å². The van der Waals surface area contributed by atoms with E-state index in [0.29, 0.717) is 24.0 Å². The number of ether oxygens (including phenoxy) is 1. The van der Waals surface area contributed by atoms with Gasteiger partial charge in [0.2, 0.25) is 17.0 Å². The van der Waals surface area contributed by atoms with Gasteiger partial charge in [0, 0.05) is 26.4 Å². The number of aryl methyl sites for hydroxylation is 1. The molecule has 2 bridgehead atoms. The van der Waals surface area contributed by atoms with Gasteiger partial charge in [-0.1, -0.05) is 23.9 Å². The second-order valence-electron chi connectivity index (χ2n) is 6.32. The summed E-state index contributed by atoms with van der Waals surface area (Å²) < 4.78 is 7.55. The number of fused-ring (bicyclic) bond motifs is 1. The zero-order valence-corrected chi connectivity index (χ0v) is 14.2. The number of likely N-dealkylation sites (N-methyl/N-ethyl adjacent to an activating group) is 1. The van der Waals surface area contributed by atoms with Crippen molar-refractivity contribution in [2.24, 2.45) is 18.9 Å². The summed E-state index contributed by atoms with van der Waals surface area (Å²) in [4.78, 5) is 26.7. The molecule has 4 heterocycles. The Morgan fingerprint density at radius 2 is 2.38 bits per heavy atom. The first-order chi connectivity index (χ1) is 11.5. The molecule has 4 atom stereocenters. The van der Waals surface area contributed by atoms with E-state index < -0.39 is 17.4 Å². The number of carbonyl (C=O) groups excluding carboxylic acids is 2. The maximum atomic E-state index is 12.6. The quantitative estimate of drug-likeness (QED) is 0.405. The number of tetrazole rings is 1. The predicted octanol–water partition coefficient (Wildman–Crippen LogP) is -1.17. The zero-order chi connectivity index (χ0) is 16.9. The molecule has 1 spiro atoms. The summed E-state index contributed by atoms with van der Waals surface area (Å²) in [5.41, 5.74) is -0.614. The summed E-state index contributed by atoms with van der Waals surface area (Å²) >= 11 is 1.46. The summed E-state index contributed by atoms with van der Waals surface area (Å²) in [5, 5.41) is 14.8. The van der Waals surface area contributed by atoms with Crippen LogP contribution in [0.25, 0.3) is 0 Å². The Hall–Kier alpha value is -1.94. The first-order valence-electron chi connectivity index (χ1n) is 7.77. The van der Waals surface area contributed by atoms with Crippen LogP contribution in [0.5, 0.6) is 0 Å². The van der Waals surface area contributed by atoms with Crippen LogP contribution in [0.15, 0.2) is 17.3 Å². The fraction of sp³-hybridized carbons (Fsp3) is 0.643. The molecule has 0 unspecified atom stereocenters. The van der Waals surface area contributed by atoms with E-state index in [1.165, 1.54) is 11.8 Å². The molecule has 3 aliphatic heterocycles. The van der Waals surface area contributed by atoms with Crippen LogP contribution in [0, 0.1) is 11.8 Å². The van der Waals surface area contributed by atoms with Gasteiger partial charge in [0.25, 0.3) is 0 Å². The topological polar surface area (TPSA) is 102 Å². The monoisotopic (exact) mass is 350 g/mol. The normalized spacial score (nSPS) is 33.3. The molecule has 9 nitrogen and oxygen atoms in total. The van der Waals surface area contributed by atoms with Gasteiger partial charge in [-0.3, -0.25) is 9.59 Å². The van der Waals surface area contributed by atoms with Crippen molar-refractivity contribution in [3.63, 3.8) is 0 Å². The van der Waals surface area contributed by atoms with Crippen molar-refractivity contribution >= 4 is 23.6 Å². The molecule has 2 amide bonds. The minimum Gasteiger partial charge on any atom is -0.360 e. The van der Waals surface area contributed by atoms with Crippen LogP contribution in [0.3, 0.4) is 0 Å². The van der Waals surface area contributed by atoms with E-state index in [2.05, 4.69) is 20.8 Å². The third-order valence-electron chi connectivity index (χ3n) is 4.81. The standard InChI is InChI=1S/C14H18N6O3S/c1-19-7-14-4-3-8(23-14)9(10(14)12(19)22)11(21)15-5-6-24-13-16-17-18-20(13)2/h3-4,8-10H,5-7H2,1-2H3,(H,15,21)/t8-,9-,10+,14-/m0/s1. The van der Waals surface area contributed by atoms with Gasteiger partial charge < -0.3 is 15.0 Å². The molecule has 24 heavy (non-hydrogen) atoms. The second-order valence-corrected chi connectivity index (χ2v) is 7.38. The van der Waals surface area contributed by atoms with Crippen LogP contribution in [-0.4, -0.2) is 74.5 Å². The highest BCUT2D eigenvalue weighted by Gasteiger charge is 2.66. The Morgan fingerprint density at radius 1 is 1.54 bits per heavy atom. The van der Waals surface area contributed by atoms with Crippen LogP contribution in [0.1, 0.15) is 0 Å². The van der Waals surface area contributed by atoms with Crippen molar-refractivity contribution in [3.05, 3.63) is 12.2 Å². The Morgan fingerprint density at radius 3 is 3.12 bits per heavy atom. The average Bonchev–Trinajstić information content (AvgIpc) is 3.27. The molecule has 3 aliphatic rings. The summed E-state index contributed by atoms with van der Waals surface area (Å²) in [6.07, 6.45) is 3.56. The number of nitrogens with zero attached hydrogens (tertiary/aromatic N) is 5. The van der Waals surface area contributed by atoms with Crippen LogP contribution >= 0.6 is 11.8 Å². The molecule has 2 saturated heterocycles. The van der Waals surface area contributed by atoms with Gasteiger partial charge in [-0.2, -0.15) is 0 Å². The molecule has 0 radical (unpaired) electrons. The Balaban J connectivity index is 1.36. The minimum absolute atomic E-state index is 0.0125. The first-order valence-corrected chi connectivity index (χ1v) is 8.75. The molecule has 128 valence electrons. The number of aromatic nitrogens is 4. The summed E-state index contributed by atoms with van der Waals surface area (Å²) in [6.45, 7) is 0.995. The third kappa shape index (κ3) is 2.24. The van der Waals surface area contributed by atoms with E-state index in [-0.39, 0.29) is 17.9 Å². The highest BCUT2D eigenvalue weighted by atomic mass is 32.2. The van der Waals surface area contributed by atoms with E-state index in [9.17, 15) is 9.59 Å². The van der Waals surface area contributed by atoms with Gasteiger partial charge in [0.1, 0.15) is 5.60 Å². The highest BCUT2D eigenvalue weighted by Crippen LogP contribution is 2.51. The van der Waals surface area contributed by atoms with Crippen LogP contribution < -0.4 is 5.32 Å². The van der Waals surface area contributed by atoms with E-state index in [0.717, 1.165) is 0 Å². The molecule has 0 aromatic carbocycles. The molecular formula is C14H18N6O3S. The number of hydrogen-bond donors (Lipinski definition) is 1. The Bertz CT molecular complexity index is 721. The van der Waals surface area contributed by atoms with E-state index in [1.54, 1.807) is 23.7 Å². The van der Waals surface area contributed by atoms with E-state index in [4.69, 9.17) is 4.74 Å². The van der Waals surface area contributed by atoms with Crippen molar-refractivity contribution in [3.8, 4) is 0 Å². The molecule has 10 heteroatoms. The van der Waals surface area contributed by atoms with Gasteiger partial charge >= 0.3 is 0 Å². The lowest BCUT2D eigenvalue weighted by Gasteiger charge is -2.23. The van der Waals surface area contributed by atoms with Crippen LogP contribution in [0.4, 0.5) is 0 Å². The molecule has 1 aromatic rings. The first kappa shape index (κ1) is 15.6. The van der Waals surface area contributed by atoms with Gasteiger partial charge in [-0.05, 0) is 10.4 Å². The van der Waals surface area contributed by atoms with Crippen molar-refractivity contribution in [2.75, 3.05) is 25.9 Å². The molecule has 1 N–H and O–H groups in total. The lowest BCUT2D eigenvalue weighted by Crippen LogP contribution is -2.44. The molecule has 1 aromatic heterocycles. The van der Waals surface area contributed by atoms with Crippen molar-refractivity contribution in [1.82, 2.24) is 30.4 Å². The number of thioether (sulfide) groups is 1. The fourth-order valence-corrected chi connectivity index (χ4v) is 4.47. The number of nitrogens with one attached hydrogen (secondary N) is 1. The van der Waals surface area contributed by atoms with Gasteiger partial charge in [0.15, 0.2) is 0 Å². The summed E-state index contributed by atoms with van der Waals surface area (Å²) in [6, 6.07) is 0. The van der Waals surface area contributed by atoms with E-state index in [1.807, 2.05) is 12.2 Å². The molecular weight excluding hydrogens is 332 g/mol. The molecule has 0 aliphatic carbocycles. The lowest BCUT2D eigenvalue weighted by atomic mass is 9.77. The van der Waals surface area contributed by atoms with Crippen molar-refractivity contribution < 1.29 is 14.3 Å². The Labute approximate surface area is 142 Å². The third-order valence-corrected chi connectivity index (χ3v) is 5.82. The predicted molar refractivity (Wildman–Crippen MR) is 83.9 cm³/mol. The second kappa shape index (κ2) is 5.55. The molecule has 4 rings (SSSR count). The zero-order valence-electron chi connectivity index (χ0n) is 13.4. The number of amides is 2. The lowest BCUT2D eigenvalue weighted by molar-refractivity contribution is -0.136. The Kier molecular flexibility index (Phi) is 3.61. The van der Waals surface area contributed by atoms with Crippen molar-refractivity contribution in [1.29, 1.82) is 0 Å². The minimum atomic E-state index is -0.614.